The summed E-state index contributed by atoms with van der Waals surface area (Å²) in [6, 6.07) is 59.0. The van der Waals surface area contributed by atoms with E-state index in [4.69, 9.17) is 4.74 Å². The Balaban J connectivity index is 1.18. The van der Waals surface area contributed by atoms with Crippen molar-refractivity contribution in [1.82, 2.24) is 4.57 Å². The highest BCUT2D eigenvalue weighted by Gasteiger charge is 2.21. The van der Waals surface area contributed by atoms with Crippen LogP contribution < -0.4 is 4.74 Å². The normalized spacial score (nSPS) is 12.1. The number of hydrogen-bond donors (Lipinski definition) is 0. The SMILES string of the molecule is c1ccc(-n2c3ccccc3c3c4c(-c5cccc(-c6ccc7c(c6)-c6cccc8cccc(c68)O7)c5)cccc4ccc32)cc1. The van der Waals surface area contributed by atoms with Gasteiger partial charge in [-0.3, -0.25) is 0 Å². The first-order valence-electron chi connectivity index (χ1n) is 15.8. The second kappa shape index (κ2) is 9.69. The average Bonchev–Trinajstić information content (AvgIpc) is 3.47. The van der Waals surface area contributed by atoms with E-state index in [2.05, 4.69) is 168 Å². The van der Waals surface area contributed by atoms with Crippen LogP contribution >= 0.6 is 0 Å². The Morgan fingerprint density at radius 3 is 1.98 bits per heavy atom. The van der Waals surface area contributed by atoms with Crippen molar-refractivity contribution >= 4 is 43.4 Å². The van der Waals surface area contributed by atoms with Crippen molar-refractivity contribution in [1.29, 1.82) is 0 Å². The van der Waals surface area contributed by atoms with Gasteiger partial charge in [0.15, 0.2) is 0 Å². The summed E-state index contributed by atoms with van der Waals surface area (Å²) in [4.78, 5) is 0. The number of fused-ring (bicyclic) bond motifs is 7. The number of benzene rings is 8. The lowest BCUT2D eigenvalue weighted by molar-refractivity contribution is 0.487. The Labute approximate surface area is 266 Å². The average molecular weight is 586 g/mol. The van der Waals surface area contributed by atoms with E-state index in [0.717, 1.165) is 17.1 Å². The Hall–Kier alpha value is -6.12. The fourth-order valence-electron chi connectivity index (χ4n) is 7.54. The van der Waals surface area contributed by atoms with Crippen LogP contribution in [0.3, 0.4) is 0 Å². The van der Waals surface area contributed by atoms with Gasteiger partial charge < -0.3 is 9.30 Å². The molecule has 0 unspecified atom stereocenters. The first-order chi connectivity index (χ1) is 22.8. The van der Waals surface area contributed by atoms with Crippen molar-refractivity contribution in [2.24, 2.45) is 0 Å². The minimum Gasteiger partial charge on any atom is -0.456 e. The van der Waals surface area contributed by atoms with E-state index in [-0.39, 0.29) is 0 Å². The van der Waals surface area contributed by atoms with E-state index in [9.17, 15) is 0 Å². The van der Waals surface area contributed by atoms with Gasteiger partial charge in [0.25, 0.3) is 0 Å². The third-order valence-corrected chi connectivity index (χ3v) is 9.56. The van der Waals surface area contributed by atoms with Crippen molar-refractivity contribution in [2.75, 3.05) is 0 Å². The zero-order valence-corrected chi connectivity index (χ0v) is 24.9. The van der Waals surface area contributed by atoms with Gasteiger partial charge in [0, 0.05) is 27.4 Å². The molecular formula is C44H27NO. The first-order valence-corrected chi connectivity index (χ1v) is 15.8. The fraction of sp³-hybridized carbons (Fsp3) is 0. The molecule has 0 spiro atoms. The van der Waals surface area contributed by atoms with Gasteiger partial charge in [-0.25, -0.2) is 0 Å². The number of aromatic nitrogens is 1. The molecule has 8 aromatic carbocycles. The summed E-state index contributed by atoms with van der Waals surface area (Å²) in [5, 5.41) is 7.45. The molecule has 10 rings (SSSR count). The van der Waals surface area contributed by atoms with E-state index in [0.29, 0.717) is 0 Å². The van der Waals surface area contributed by atoms with Crippen LogP contribution in [0.4, 0.5) is 0 Å². The van der Waals surface area contributed by atoms with Crippen LogP contribution in [0.2, 0.25) is 0 Å². The van der Waals surface area contributed by atoms with Crippen LogP contribution in [-0.2, 0) is 0 Å². The lowest BCUT2D eigenvalue weighted by atomic mass is 9.90. The van der Waals surface area contributed by atoms with Crippen molar-refractivity contribution in [3.63, 3.8) is 0 Å². The van der Waals surface area contributed by atoms with Gasteiger partial charge >= 0.3 is 0 Å². The molecule has 0 amide bonds. The summed E-state index contributed by atoms with van der Waals surface area (Å²) >= 11 is 0. The molecule has 0 saturated heterocycles. The third kappa shape index (κ3) is 3.65. The first kappa shape index (κ1) is 25.2. The highest BCUT2D eigenvalue weighted by molar-refractivity contribution is 6.25. The molecule has 214 valence electrons. The second-order valence-corrected chi connectivity index (χ2v) is 12.1. The summed E-state index contributed by atoms with van der Waals surface area (Å²) in [5.74, 6) is 1.82. The van der Waals surface area contributed by atoms with E-state index < -0.39 is 0 Å². The molecule has 0 atom stereocenters. The molecule has 0 radical (unpaired) electrons. The molecule has 0 saturated carbocycles. The molecule has 2 heterocycles. The molecular weight excluding hydrogens is 558 g/mol. The molecule has 2 heteroatoms. The summed E-state index contributed by atoms with van der Waals surface area (Å²) in [6.07, 6.45) is 0. The largest absolute Gasteiger partial charge is 0.456 e. The van der Waals surface area contributed by atoms with Gasteiger partial charge in [-0.05, 0) is 92.5 Å². The Morgan fingerprint density at radius 2 is 1.09 bits per heavy atom. The van der Waals surface area contributed by atoms with E-state index in [1.807, 2.05) is 0 Å². The van der Waals surface area contributed by atoms with E-state index >= 15 is 0 Å². The van der Waals surface area contributed by atoms with Crippen molar-refractivity contribution in [3.05, 3.63) is 164 Å². The minimum absolute atomic E-state index is 0.900. The van der Waals surface area contributed by atoms with Crippen LogP contribution in [-0.4, -0.2) is 4.57 Å². The summed E-state index contributed by atoms with van der Waals surface area (Å²) in [5.41, 5.74) is 10.7. The Kier molecular flexibility index (Phi) is 5.31. The van der Waals surface area contributed by atoms with Gasteiger partial charge in [-0.1, -0.05) is 115 Å². The summed E-state index contributed by atoms with van der Waals surface area (Å²) in [6.45, 7) is 0. The van der Waals surface area contributed by atoms with Gasteiger partial charge in [0.1, 0.15) is 11.5 Å². The van der Waals surface area contributed by atoms with Gasteiger partial charge in [-0.15, -0.1) is 0 Å². The molecule has 9 aromatic rings. The highest BCUT2D eigenvalue weighted by Crippen LogP contribution is 2.48. The van der Waals surface area contributed by atoms with Gasteiger partial charge in [0.2, 0.25) is 0 Å². The minimum atomic E-state index is 0.900. The maximum Gasteiger partial charge on any atom is 0.135 e. The fourth-order valence-corrected chi connectivity index (χ4v) is 7.54. The van der Waals surface area contributed by atoms with Crippen LogP contribution in [0, 0.1) is 0 Å². The van der Waals surface area contributed by atoms with Crippen LogP contribution in [0.1, 0.15) is 0 Å². The predicted octanol–water partition coefficient (Wildman–Crippen LogP) is 12.2. The number of hydrogen-bond acceptors (Lipinski definition) is 1. The Bertz CT molecular complexity index is 2660. The molecule has 1 aromatic heterocycles. The predicted molar refractivity (Wildman–Crippen MR) is 192 cm³/mol. The summed E-state index contributed by atoms with van der Waals surface area (Å²) < 4.78 is 8.78. The maximum absolute atomic E-state index is 6.39. The number of nitrogens with zero attached hydrogens (tertiary/aromatic N) is 1. The van der Waals surface area contributed by atoms with Crippen LogP contribution in [0.25, 0.3) is 82.4 Å². The van der Waals surface area contributed by atoms with Crippen molar-refractivity contribution in [3.8, 4) is 50.6 Å². The van der Waals surface area contributed by atoms with Crippen molar-refractivity contribution in [2.45, 2.75) is 0 Å². The quantitative estimate of drug-likeness (QED) is 0.201. The van der Waals surface area contributed by atoms with E-state index in [1.165, 1.54) is 76.9 Å². The van der Waals surface area contributed by atoms with Crippen LogP contribution in [0.5, 0.6) is 11.5 Å². The summed E-state index contributed by atoms with van der Waals surface area (Å²) in [7, 11) is 0. The monoisotopic (exact) mass is 585 g/mol. The molecule has 46 heavy (non-hydrogen) atoms. The second-order valence-electron chi connectivity index (χ2n) is 12.1. The highest BCUT2D eigenvalue weighted by atomic mass is 16.5. The lowest BCUT2D eigenvalue weighted by Gasteiger charge is -2.22. The van der Waals surface area contributed by atoms with Crippen molar-refractivity contribution < 1.29 is 4.74 Å². The molecule has 0 aliphatic carbocycles. The standard InChI is InChI=1S/C44H27NO/c1-2-15-33(16-3-1)45-38-20-5-4-17-36(38)44-39(45)24-22-29-11-7-18-34(43(29)44)32-14-6-13-30(26-32)31-23-25-40-37(27-31)35-19-8-10-28-12-9-21-41(46-40)42(28)35/h1-27H. The molecule has 0 bridgehead atoms. The van der Waals surface area contributed by atoms with E-state index in [1.54, 1.807) is 0 Å². The Morgan fingerprint density at radius 1 is 0.370 bits per heavy atom. The molecule has 0 N–H and O–H groups in total. The topological polar surface area (TPSA) is 14.2 Å². The zero-order chi connectivity index (χ0) is 30.2. The number of ether oxygens (including phenoxy) is 1. The molecule has 0 fully saturated rings. The van der Waals surface area contributed by atoms with Gasteiger partial charge in [0.05, 0.1) is 11.0 Å². The number of para-hydroxylation sites is 2. The zero-order valence-electron chi connectivity index (χ0n) is 24.9. The third-order valence-electron chi connectivity index (χ3n) is 9.56. The maximum atomic E-state index is 6.39. The number of rotatable bonds is 3. The van der Waals surface area contributed by atoms with Crippen LogP contribution in [0.15, 0.2) is 164 Å². The molecule has 1 aliphatic rings. The van der Waals surface area contributed by atoms with Gasteiger partial charge in [-0.2, -0.15) is 0 Å². The molecule has 1 aliphatic heterocycles. The lowest BCUT2D eigenvalue weighted by Crippen LogP contribution is -1.97. The molecule has 2 nitrogen and oxygen atoms in total. The smallest absolute Gasteiger partial charge is 0.135 e.